The molecule has 0 saturated heterocycles. The van der Waals surface area contributed by atoms with Crippen LogP contribution in [0.5, 0.6) is 0 Å². The van der Waals surface area contributed by atoms with E-state index in [0.29, 0.717) is 6.61 Å². The number of para-hydroxylation sites is 1. The fraction of sp³-hybridized carbons (Fsp3) is 0.250. The van der Waals surface area contributed by atoms with Gasteiger partial charge in [-0.2, -0.15) is 0 Å². The summed E-state index contributed by atoms with van der Waals surface area (Å²) in [4.78, 5) is 0. The van der Waals surface area contributed by atoms with Crippen molar-refractivity contribution in [1.82, 2.24) is 0 Å². The van der Waals surface area contributed by atoms with Crippen molar-refractivity contribution in [2.45, 2.75) is 6.61 Å². The summed E-state index contributed by atoms with van der Waals surface area (Å²) in [6.45, 7) is 0.640. The molecule has 0 saturated carbocycles. The van der Waals surface area contributed by atoms with Crippen molar-refractivity contribution in [2.75, 3.05) is 11.3 Å². The molecule has 1 aliphatic rings. The SMILES string of the molecule is CSP1(=S)Nc2ccccc2CO1. The summed E-state index contributed by atoms with van der Waals surface area (Å²) in [7, 11) is 0. The Labute approximate surface area is 87.0 Å². The van der Waals surface area contributed by atoms with E-state index in [-0.39, 0.29) is 0 Å². The molecule has 0 spiro atoms. The summed E-state index contributed by atoms with van der Waals surface area (Å²) >= 11 is 6.98. The van der Waals surface area contributed by atoms with Gasteiger partial charge in [0.25, 0.3) is 0 Å². The summed E-state index contributed by atoms with van der Waals surface area (Å²) in [6, 6.07) is 8.13. The lowest BCUT2D eigenvalue weighted by Gasteiger charge is -2.28. The first kappa shape index (κ1) is 9.53. The van der Waals surface area contributed by atoms with Crippen LogP contribution >= 0.6 is 17.0 Å². The van der Waals surface area contributed by atoms with E-state index in [9.17, 15) is 0 Å². The molecular formula is C8H10NOPS2. The Balaban J connectivity index is 2.35. The molecule has 0 amide bonds. The van der Waals surface area contributed by atoms with Crippen LogP contribution in [0.15, 0.2) is 24.3 Å². The van der Waals surface area contributed by atoms with Crippen LogP contribution in [0.3, 0.4) is 0 Å². The second-order valence-corrected chi connectivity index (χ2v) is 9.44. The van der Waals surface area contributed by atoms with Crippen molar-refractivity contribution >= 4 is 34.5 Å². The number of nitrogens with one attached hydrogen (secondary N) is 1. The van der Waals surface area contributed by atoms with Crippen LogP contribution in [-0.4, -0.2) is 6.26 Å². The van der Waals surface area contributed by atoms with Crippen molar-refractivity contribution in [2.24, 2.45) is 0 Å². The molecule has 0 aliphatic carbocycles. The van der Waals surface area contributed by atoms with Crippen LogP contribution in [0.2, 0.25) is 0 Å². The van der Waals surface area contributed by atoms with Gasteiger partial charge in [0.05, 0.1) is 6.61 Å². The third-order valence-corrected chi connectivity index (χ3v) is 7.33. The highest BCUT2D eigenvalue weighted by Gasteiger charge is 2.22. The minimum Gasteiger partial charge on any atom is -0.329 e. The lowest BCUT2D eigenvalue weighted by atomic mass is 10.2. The Bertz CT molecular complexity index is 369. The maximum atomic E-state index is 5.62. The molecule has 0 radical (unpaired) electrons. The minimum atomic E-state index is -1.83. The molecule has 0 fully saturated rings. The van der Waals surface area contributed by atoms with Gasteiger partial charge in [0.1, 0.15) is 0 Å². The Morgan fingerprint density at radius 2 is 2.31 bits per heavy atom. The Morgan fingerprint density at radius 1 is 1.54 bits per heavy atom. The highest BCUT2D eigenvalue weighted by Crippen LogP contribution is 2.60. The lowest BCUT2D eigenvalue weighted by Crippen LogP contribution is -2.07. The maximum Gasteiger partial charge on any atom is 0.210 e. The quantitative estimate of drug-likeness (QED) is 0.749. The summed E-state index contributed by atoms with van der Waals surface area (Å²) < 4.78 is 5.62. The van der Waals surface area contributed by atoms with Crippen LogP contribution in [0.1, 0.15) is 5.56 Å². The molecule has 1 aromatic rings. The lowest BCUT2D eigenvalue weighted by molar-refractivity contribution is 0.346. The summed E-state index contributed by atoms with van der Waals surface area (Å²) in [6.07, 6.45) is 1.99. The molecule has 1 atom stereocenters. The monoisotopic (exact) mass is 231 g/mol. The third kappa shape index (κ3) is 1.91. The highest BCUT2D eigenvalue weighted by molar-refractivity contribution is 8.69. The predicted molar refractivity (Wildman–Crippen MR) is 62.7 cm³/mol. The van der Waals surface area contributed by atoms with E-state index in [0.717, 1.165) is 5.69 Å². The van der Waals surface area contributed by atoms with E-state index in [1.165, 1.54) is 5.56 Å². The van der Waals surface area contributed by atoms with Crippen molar-refractivity contribution in [3.63, 3.8) is 0 Å². The van der Waals surface area contributed by atoms with Gasteiger partial charge in [0, 0.05) is 11.3 Å². The van der Waals surface area contributed by atoms with Gasteiger partial charge in [0.2, 0.25) is 5.62 Å². The summed E-state index contributed by atoms with van der Waals surface area (Å²) in [5, 5.41) is 3.29. The van der Waals surface area contributed by atoms with E-state index >= 15 is 0 Å². The standard InChI is InChI=1S/C8H10NOPS2/c1-13-11(12)9-8-5-3-2-4-7(8)6-10-11/h2-5H,6H2,1H3,(H,9,12). The van der Waals surface area contributed by atoms with E-state index < -0.39 is 5.62 Å². The van der Waals surface area contributed by atoms with Gasteiger partial charge in [0.15, 0.2) is 0 Å². The third-order valence-electron chi connectivity index (χ3n) is 1.91. The molecule has 1 unspecified atom stereocenters. The average molecular weight is 231 g/mol. The molecule has 2 rings (SSSR count). The molecule has 1 aliphatic heterocycles. The highest BCUT2D eigenvalue weighted by atomic mass is 32.9. The van der Waals surface area contributed by atoms with Crippen molar-refractivity contribution in [1.29, 1.82) is 0 Å². The largest absolute Gasteiger partial charge is 0.329 e. The first-order valence-electron chi connectivity index (χ1n) is 3.90. The Morgan fingerprint density at radius 3 is 3.08 bits per heavy atom. The zero-order valence-electron chi connectivity index (χ0n) is 7.19. The zero-order chi connectivity index (χ0) is 9.31. The van der Waals surface area contributed by atoms with Crippen molar-refractivity contribution in [3.05, 3.63) is 29.8 Å². The molecule has 70 valence electrons. The number of hydrogen-bond donors (Lipinski definition) is 1. The van der Waals surface area contributed by atoms with E-state index in [1.54, 1.807) is 11.4 Å². The van der Waals surface area contributed by atoms with Crippen LogP contribution in [0.4, 0.5) is 5.69 Å². The smallest absolute Gasteiger partial charge is 0.210 e. The minimum absolute atomic E-state index is 0.640. The zero-order valence-corrected chi connectivity index (χ0v) is 9.72. The van der Waals surface area contributed by atoms with E-state index in [4.69, 9.17) is 16.3 Å². The maximum absolute atomic E-state index is 5.62. The molecule has 1 N–H and O–H groups in total. The first-order chi connectivity index (χ1) is 6.23. The first-order valence-corrected chi connectivity index (χ1v) is 8.45. The van der Waals surface area contributed by atoms with Crippen LogP contribution in [-0.2, 0) is 22.9 Å². The molecule has 0 aromatic heterocycles. The molecule has 13 heavy (non-hydrogen) atoms. The molecule has 2 nitrogen and oxygen atoms in total. The van der Waals surface area contributed by atoms with Crippen LogP contribution in [0, 0.1) is 0 Å². The number of rotatable bonds is 1. The van der Waals surface area contributed by atoms with Crippen molar-refractivity contribution in [3.8, 4) is 0 Å². The topological polar surface area (TPSA) is 21.3 Å². The van der Waals surface area contributed by atoms with Gasteiger partial charge in [-0.25, -0.2) is 0 Å². The van der Waals surface area contributed by atoms with Crippen LogP contribution in [0.25, 0.3) is 0 Å². The Hall–Kier alpha value is -0.0200. The molecule has 1 aromatic carbocycles. The molecule has 1 heterocycles. The normalized spacial score (nSPS) is 26.2. The number of anilines is 1. The van der Waals surface area contributed by atoms with E-state index in [2.05, 4.69) is 17.2 Å². The van der Waals surface area contributed by atoms with Gasteiger partial charge in [-0.1, -0.05) is 29.6 Å². The second kappa shape index (κ2) is 3.62. The molecular weight excluding hydrogens is 221 g/mol. The number of fused-ring (bicyclic) bond motifs is 1. The second-order valence-electron chi connectivity index (χ2n) is 2.72. The summed E-state index contributed by atoms with van der Waals surface area (Å²) in [5.74, 6) is 0. The van der Waals surface area contributed by atoms with Crippen LogP contribution < -0.4 is 5.09 Å². The van der Waals surface area contributed by atoms with Gasteiger partial charge in [-0.3, -0.25) is 0 Å². The molecule has 0 bridgehead atoms. The fourth-order valence-corrected chi connectivity index (χ4v) is 3.77. The Kier molecular flexibility index (Phi) is 2.65. The average Bonchev–Trinajstić information content (AvgIpc) is 2.18. The predicted octanol–water partition coefficient (Wildman–Crippen LogP) is 3.22. The van der Waals surface area contributed by atoms with Gasteiger partial charge in [-0.05, 0) is 24.1 Å². The summed E-state index contributed by atoms with van der Waals surface area (Å²) in [5.41, 5.74) is 0.496. The van der Waals surface area contributed by atoms with Gasteiger partial charge in [-0.15, -0.1) is 0 Å². The van der Waals surface area contributed by atoms with Crippen molar-refractivity contribution < 1.29 is 4.52 Å². The molecule has 5 heteroatoms. The van der Waals surface area contributed by atoms with Gasteiger partial charge < -0.3 is 9.61 Å². The van der Waals surface area contributed by atoms with E-state index in [1.807, 2.05) is 18.4 Å². The number of hydrogen-bond acceptors (Lipinski definition) is 3. The number of benzene rings is 1. The fourth-order valence-electron chi connectivity index (χ4n) is 1.19. The van der Waals surface area contributed by atoms with Gasteiger partial charge >= 0.3 is 0 Å².